The normalized spacial score (nSPS) is 13.6. The molecule has 0 saturated carbocycles. The first kappa shape index (κ1) is 16.7. The van der Waals surface area contributed by atoms with Crippen LogP contribution in [0.15, 0.2) is 47.2 Å². The molecule has 5 nitrogen and oxygen atoms in total. The zero-order valence-electron chi connectivity index (χ0n) is 12.9. The van der Waals surface area contributed by atoms with Crippen molar-refractivity contribution in [1.29, 1.82) is 0 Å². The van der Waals surface area contributed by atoms with Crippen LogP contribution in [0.4, 0.5) is 10.1 Å². The number of aromatic nitrogens is 2. The third-order valence-electron chi connectivity index (χ3n) is 3.47. The van der Waals surface area contributed by atoms with Crippen LogP contribution >= 0.6 is 15.9 Å². The average Bonchev–Trinajstić information content (AvgIpc) is 3.24. The van der Waals surface area contributed by atoms with Crippen molar-refractivity contribution in [3.63, 3.8) is 0 Å². The monoisotopic (exact) mass is 393 g/mol. The van der Waals surface area contributed by atoms with E-state index in [0.29, 0.717) is 5.75 Å². The third kappa shape index (κ3) is 3.85. The molecule has 1 saturated heterocycles. The van der Waals surface area contributed by atoms with Gasteiger partial charge in [-0.3, -0.25) is 0 Å². The van der Waals surface area contributed by atoms with Crippen molar-refractivity contribution < 1.29 is 13.9 Å². The van der Waals surface area contributed by atoms with Gasteiger partial charge in [0.15, 0.2) is 17.3 Å². The minimum absolute atomic E-state index is 0.0173. The standard InChI is InChI=1S/C13H9BrFN3O.C4H8O/c14-8-6-12(11-4-5-17-18(11)7-8)19-13-9(15)2-1-3-10(13)16;1-2-4-5-3-1/h1-7H,16H2;1-4H2. The number of nitrogens with zero attached hydrogens (tertiary/aromatic N) is 2. The number of para-hydroxylation sites is 1. The van der Waals surface area contributed by atoms with Crippen LogP contribution in [0.3, 0.4) is 0 Å². The number of hydrogen-bond donors (Lipinski definition) is 1. The number of nitrogens with two attached hydrogens (primary N) is 1. The van der Waals surface area contributed by atoms with Crippen LogP contribution in [0.2, 0.25) is 0 Å². The van der Waals surface area contributed by atoms with E-state index in [2.05, 4.69) is 21.0 Å². The summed E-state index contributed by atoms with van der Waals surface area (Å²) in [6.07, 6.45) is 5.98. The Morgan fingerprint density at radius 1 is 1.25 bits per heavy atom. The number of nitrogen functional groups attached to an aromatic ring is 1. The van der Waals surface area contributed by atoms with Crippen molar-refractivity contribution in [2.45, 2.75) is 12.8 Å². The van der Waals surface area contributed by atoms with E-state index < -0.39 is 5.82 Å². The predicted octanol–water partition coefficient (Wildman–Crippen LogP) is 4.41. The second-order valence-corrected chi connectivity index (χ2v) is 6.18. The number of ether oxygens (including phenoxy) is 2. The van der Waals surface area contributed by atoms with Gasteiger partial charge in [-0.05, 0) is 53.0 Å². The Morgan fingerprint density at radius 2 is 2.04 bits per heavy atom. The van der Waals surface area contributed by atoms with Gasteiger partial charge in [0.2, 0.25) is 0 Å². The Labute approximate surface area is 147 Å². The Hall–Kier alpha value is -2.12. The van der Waals surface area contributed by atoms with Crippen molar-refractivity contribution in [2.75, 3.05) is 18.9 Å². The smallest absolute Gasteiger partial charge is 0.185 e. The van der Waals surface area contributed by atoms with E-state index in [9.17, 15) is 4.39 Å². The number of pyridine rings is 1. The molecule has 126 valence electrons. The van der Waals surface area contributed by atoms with Crippen molar-refractivity contribution in [2.24, 2.45) is 0 Å². The molecule has 1 aliphatic rings. The lowest BCUT2D eigenvalue weighted by molar-refractivity contribution is 0.198. The van der Waals surface area contributed by atoms with Gasteiger partial charge < -0.3 is 15.2 Å². The SMILES string of the molecule is C1CCOC1.Nc1cccc(F)c1Oc1cc(Br)cn2nccc12. The second-order valence-electron chi connectivity index (χ2n) is 5.26. The Bertz CT molecular complexity index is 806. The summed E-state index contributed by atoms with van der Waals surface area (Å²) in [7, 11) is 0. The molecule has 1 aromatic carbocycles. The van der Waals surface area contributed by atoms with Crippen LogP contribution in [0.25, 0.3) is 5.52 Å². The maximum atomic E-state index is 13.7. The molecule has 0 spiro atoms. The Morgan fingerprint density at radius 3 is 2.71 bits per heavy atom. The van der Waals surface area contributed by atoms with Crippen LogP contribution < -0.4 is 10.5 Å². The quantitative estimate of drug-likeness (QED) is 0.655. The lowest BCUT2D eigenvalue weighted by Crippen LogP contribution is -1.97. The molecule has 4 rings (SSSR count). The second kappa shape index (κ2) is 7.63. The molecule has 1 fully saturated rings. The molecule has 0 aliphatic carbocycles. The average molecular weight is 394 g/mol. The van der Waals surface area contributed by atoms with Gasteiger partial charge >= 0.3 is 0 Å². The van der Waals surface area contributed by atoms with Crippen molar-refractivity contribution in [1.82, 2.24) is 9.61 Å². The highest BCUT2D eigenvalue weighted by molar-refractivity contribution is 9.10. The summed E-state index contributed by atoms with van der Waals surface area (Å²) >= 11 is 3.35. The van der Waals surface area contributed by atoms with Crippen LogP contribution in [-0.2, 0) is 4.74 Å². The van der Waals surface area contributed by atoms with Crippen molar-refractivity contribution >= 4 is 27.1 Å². The molecule has 0 bridgehead atoms. The van der Waals surface area contributed by atoms with Crippen molar-refractivity contribution in [3.8, 4) is 11.5 Å². The number of hydrogen-bond acceptors (Lipinski definition) is 4. The largest absolute Gasteiger partial charge is 0.450 e. The van der Waals surface area contributed by atoms with Gasteiger partial charge in [-0.1, -0.05) is 6.07 Å². The zero-order valence-corrected chi connectivity index (χ0v) is 14.5. The summed E-state index contributed by atoms with van der Waals surface area (Å²) in [5.41, 5.74) is 6.70. The lowest BCUT2D eigenvalue weighted by Gasteiger charge is -2.10. The van der Waals surface area contributed by atoms with E-state index in [1.165, 1.54) is 25.0 Å². The van der Waals surface area contributed by atoms with E-state index in [0.717, 1.165) is 23.2 Å². The summed E-state index contributed by atoms with van der Waals surface area (Å²) < 4.78 is 26.7. The van der Waals surface area contributed by atoms with Gasteiger partial charge in [0.05, 0.1) is 11.9 Å². The van der Waals surface area contributed by atoms with Gasteiger partial charge in [-0.25, -0.2) is 8.91 Å². The highest BCUT2D eigenvalue weighted by Gasteiger charge is 2.12. The third-order valence-corrected chi connectivity index (χ3v) is 3.91. The summed E-state index contributed by atoms with van der Waals surface area (Å²) in [5, 5.41) is 4.11. The first-order chi connectivity index (χ1) is 11.6. The molecule has 0 unspecified atom stereocenters. The van der Waals surface area contributed by atoms with Crippen LogP contribution in [-0.4, -0.2) is 22.8 Å². The fraction of sp³-hybridized carbons (Fsp3) is 0.235. The topological polar surface area (TPSA) is 61.8 Å². The number of halogens is 2. The van der Waals surface area contributed by atoms with E-state index in [4.69, 9.17) is 15.2 Å². The van der Waals surface area contributed by atoms with Gasteiger partial charge in [0.25, 0.3) is 0 Å². The van der Waals surface area contributed by atoms with E-state index in [1.54, 1.807) is 35.1 Å². The number of benzene rings is 1. The predicted molar refractivity (Wildman–Crippen MR) is 93.8 cm³/mol. The maximum Gasteiger partial charge on any atom is 0.185 e. The molecule has 0 atom stereocenters. The van der Waals surface area contributed by atoms with E-state index in [1.807, 2.05) is 0 Å². The molecule has 0 radical (unpaired) electrons. The molecular weight excluding hydrogens is 377 g/mol. The molecule has 2 aromatic heterocycles. The van der Waals surface area contributed by atoms with Crippen LogP contribution in [0.5, 0.6) is 11.5 Å². The van der Waals surface area contributed by atoms with E-state index >= 15 is 0 Å². The molecule has 3 heterocycles. The van der Waals surface area contributed by atoms with Crippen LogP contribution in [0.1, 0.15) is 12.8 Å². The van der Waals surface area contributed by atoms with Crippen molar-refractivity contribution in [3.05, 3.63) is 53.0 Å². The molecule has 24 heavy (non-hydrogen) atoms. The fourth-order valence-electron chi connectivity index (χ4n) is 2.30. The minimum Gasteiger partial charge on any atom is -0.450 e. The first-order valence-electron chi connectivity index (χ1n) is 7.57. The molecule has 3 aromatic rings. The highest BCUT2D eigenvalue weighted by atomic mass is 79.9. The highest BCUT2D eigenvalue weighted by Crippen LogP contribution is 2.33. The molecule has 7 heteroatoms. The van der Waals surface area contributed by atoms with E-state index in [-0.39, 0.29) is 11.4 Å². The fourth-order valence-corrected chi connectivity index (χ4v) is 2.70. The minimum atomic E-state index is -0.502. The Kier molecular flexibility index (Phi) is 5.32. The molecular formula is C17H17BrFN3O2. The first-order valence-corrected chi connectivity index (χ1v) is 8.37. The van der Waals surface area contributed by atoms with Crippen LogP contribution in [0, 0.1) is 5.82 Å². The van der Waals surface area contributed by atoms with Gasteiger partial charge in [-0.2, -0.15) is 5.10 Å². The zero-order chi connectivity index (χ0) is 16.9. The molecule has 1 aliphatic heterocycles. The summed E-state index contributed by atoms with van der Waals surface area (Å²) in [4.78, 5) is 0. The Balaban J connectivity index is 0.000000290. The number of rotatable bonds is 2. The van der Waals surface area contributed by atoms with Gasteiger partial charge in [0.1, 0.15) is 5.52 Å². The molecule has 0 amide bonds. The summed E-state index contributed by atoms with van der Waals surface area (Å²) in [5.74, 6) is -0.00924. The summed E-state index contributed by atoms with van der Waals surface area (Å²) in [6, 6.07) is 7.94. The number of anilines is 1. The number of fused-ring (bicyclic) bond motifs is 1. The van der Waals surface area contributed by atoms with Gasteiger partial charge in [-0.15, -0.1) is 0 Å². The molecule has 2 N–H and O–H groups in total. The summed E-state index contributed by atoms with van der Waals surface area (Å²) in [6.45, 7) is 2.00. The lowest BCUT2D eigenvalue weighted by atomic mass is 10.3. The maximum absolute atomic E-state index is 13.7. The van der Waals surface area contributed by atoms with Gasteiger partial charge in [0, 0.05) is 23.9 Å².